The molecule has 1 aromatic heterocycles. The van der Waals surface area contributed by atoms with E-state index in [-0.39, 0.29) is 30.3 Å². The molecule has 3 heterocycles. The van der Waals surface area contributed by atoms with E-state index in [0.717, 1.165) is 5.56 Å². The number of hydrogen-bond donors (Lipinski definition) is 2. The van der Waals surface area contributed by atoms with Crippen LogP contribution in [0.5, 0.6) is 11.5 Å². The maximum absolute atomic E-state index is 15.0. The van der Waals surface area contributed by atoms with Crippen molar-refractivity contribution >= 4 is 24.1 Å². The second-order valence-corrected chi connectivity index (χ2v) is 9.05. The van der Waals surface area contributed by atoms with Crippen LogP contribution in [0.25, 0.3) is 11.3 Å². The Kier molecular flexibility index (Phi) is 8.37. The number of hydrogen-bond acceptors (Lipinski definition) is 6. The van der Waals surface area contributed by atoms with Gasteiger partial charge in [0.05, 0.1) is 31.5 Å². The van der Waals surface area contributed by atoms with Gasteiger partial charge in [-0.3, -0.25) is 4.79 Å². The van der Waals surface area contributed by atoms with Gasteiger partial charge in [0, 0.05) is 37.8 Å². The van der Waals surface area contributed by atoms with Crippen LogP contribution in [-0.2, 0) is 0 Å². The van der Waals surface area contributed by atoms with Gasteiger partial charge in [-0.25, -0.2) is 17.9 Å². The number of carbonyl (C=O) groups excluding carboxylic acids is 1. The van der Waals surface area contributed by atoms with Gasteiger partial charge in [-0.1, -0.05) is 12.1 Å². The predicted molar refractivity (Wildman–Crippen MR) is 139 cm³/mol. The number of carbonyl (C=O) groups is 1. The molecule has 12 heteroatoms. The fourth-order valence-electron chi connectivity index (χ4n) is 4.86. The number of aromatic nitrogens is 2. The molecular weight excluding hydrogens is 523 g/mol. The minimum Gasteiger partial charge on any atom is -0.493 e. The monoisotopic (exact) mass is 551 g/mol. The highest BCUT2D eigenvalue weighted by molar-refractivity contribution is 5.95. The zero-order valence-electron chi connectivity index (χ0n) is 20.9. The highest BCUT2D eigenvalue weighted by Gasteiger charge is 2.35. The first-order valence-corrected chi connectivity index (χ1v) is 12.1. The van der Waals surface area contributed by atoms with Crippen LogP contribution in [0.1, 0.15) is 34.4 Å². The molecule has 2 N–H and O–H groups in total. The fourth-order valence-corrected chi connectivity index (χ4v) is 4.86. The van der Waals surface area contributed by atoms with E-state index in [0.29, 0.717) is 54.8 Å². The second kappa shape index (κ2) is 11.5. The number of benzene rings is 2. The molecule has 2 aliphatic heterocycles. The zero-order valence-corrected chi connectivity index (χ0v) is 21.7. The maximum Gasteiger partial charge on any atom is 0.260 e. The van der Waals surface area contributed by atoms with Gasteiger partial charge in [0.25, 0.3) is 12.3 Å². The number of rotatable bonds is 6. The third-order valence-electron chi connectivity index (χ3n) is 6.85. The normalized spacial score (nSPS) is 18.8. The predicted octanol–water partition coefficient (Wildman–Crippen LogP) is 4.54. The summed E-state index contributed by atoms with van der Waals surface area (Å²) in [5.41, 5.74) is 1.47. The van der Waals surface area contributed by atoms with Crippen LogP contribution in [0, 0.1) is 5.82 Å². The quantitative estimate of drug-likeness (QED) is 0.468. The summed E-state index contributed by atoms with van der Waals surface area (Å²) >= 11 is 0. The average molecular weight is 552 g/mol. The molecule has 8 nitrogen and oxygen atoms in total. The number of ether oxygens (including phenoxy) is 2. The Bertz CT molecular complexity index is 1300. The highest BCUT2D eigenvalue weighted by Crippen LogP contribution is 2.41. The summed E-state index contributed by atoms with van der Waals surface area (Å²) in [7, 11) is 3.04. The van der Waals surface area contributed by atoms with Crippen molar-refractivity contribution in [2.45, 2.75) is 24.9 Å². The molecule has 0 saturated carbocycles. The number of methoxy groups -OCH3 is 2. The molecule has 2 atom stereocenters. The molecule has 0 spiro atoms. The summed E-state index contributed by atoms with van der Waals surface area (Å²) in [4.78, 5) is 14.3. The summed E-state index contributed by atoms with van der Waals surface area (Å²) in [6.07, 6.45) is -2.57. The molecule has 0 bridgehead atoms. The lowest BCUT2D eigenvalue weighted by atomic mass is 9.97. The largest absolute Gasteiger partial charge is 0.493 e. The van der Waals surface area contributed by atoms with E-state index in [1.165, 1.54) is 31.0 Å². The van der Waals surface area contributed by atoms with Crippen LogP contribution in [0.4, 0.5) is 19.0 Å². The Balaban J connectivity index is 0.00000336. The van der Waals surface area contributed by atoms with Crippen molar-refractivity contribution in [2.24, 2.45) is 0 Å². The van der Waals surface area contributed by atoms with Crippen LogP contribution in [0.3, 0.4) is 0 Å². The Morgan fingerprint density at radius 2 is 1.79 bits per heavy atom. The van der Waals surface area contributed by atoms with E-state index in [1.807, 2.05) is 0 Å². The third-order valence-corrected chi connectivity index (χ3v) is 6.85. The van der Waals surface area contributed by atoms with Crippen molar-refractivity contribution in [2.75, 3.05) is 45.7 Å². The Morgan fingerprint density at radius 3 is 2.45 bits per heavy atom. The standard InChI is InChI=1S/C26H28F3N5O3.ClH/c1-36-22-6-4-16(12-23(22)37-2)19-13-21(25(28)29)34-24(31-19)14-20(32-34)15-3-5-17(18(27)11-15)26(35)33-9-7-30-8-10-33;/h3-6,11-12,14,19,21,25,30-31H,7-10,13H2,1-2H3;1H. The van der Waals surface area contributed by atoms with Gasteiger partial charge in [-0.05, 0) is 36.2 Å². The molecule has 1 saturated heterocycles. The van der Waals surface area contributed by atoms with Gasteiger partial charge < -0.3 is 25.0 Å². The Morgan fingerprint density at radius 1 is 1.05 bits per heavy atom. The first-order chi connectivity index (χ1) is 17.9. The lowest BCUT2D eigenvalue weighted by molar-refractivity contribution is 0.0659. The third kappa shape index (κ3) is 5.25. The summed E-state index contributed by atoms with van der Waals surface area (Å²) in [5, 5.41) is 10.8. The van der Waals surface area contributed by atoms with E-state index >= 15 is 0 Å². The number of piperazine rings is 1. The first-order valence-electron chi connectivity index (χ1n) is 12.1. The zero-order chi connectivity index (χ0) is 26.1. The molecule has 38 heavy (non-hydrogen) atoms. The molecule has 0 aliphatic carbocycles. The SMILES string of the molecule is COc1ccc(C2CC(C(F)F)n3nc(-c4ccc(C(=O)N5CCNCC5)c(F)c4)cc3N2)cc1OC.Cl. The number of amides is 1. The van der Waals surface area contributed by atoms with Crippen LogP contribution < -0.4 is 20.1 Å². The summed E-state index contributed by atoms with van der Waals surface area (Å²) in [5.74, 6) is 0.398. The van der Waals surface area contributed by atoms with Gasteiger partial charge in [0.1, 0.15) is 17.7 Å². The molecule has 5 rings (SSSR count). The lowest BCUT2D eigenvalue weighted by Gasteiger charge is -2.32. The van der Waals surface area contributed by atoms with Gasteiger partial charge in [-0.2, -0.15) is 5.10 Å². The van der Waals surface area contributed by atoms with E-state index in [2.05, 4.69) is 15.7 Å². The maximum atomic E-state index is 15.0. The van der Waals surface area contributed by atoms with Gasteiger partial charge in [-0.15, -0.1) is 12.4 Å². The molecule has 0 radical (unpaired) electrons. The molecule has 2 unspecified atom stereocenters. The van der Waals surface area contributed by atoms with Gasteiger partial charge in [0.15, 0.2) is 11.5 Å². The average Bonchev–Trinajstić information content (AvgIpc) is 3.36. The van der Waals surface area contributed by atoms with Crippen molar-refractivity contribution in [3.05, 3.63) is 59.4 Å². The Hall–Kier alpha value is -3.44. The minimum absolute atomic E-state index is 0. The van der Waals surface area contributed by atoms with Gasteiger partial charge in [0.2, 0.25) is 0 Å². The minimum atomic E-state index is -2.66. The highest BCUT2D eigenvalue weighted by atomic mass is 35.5. The number of nitrogens with one attached hydrogen (secondary N) is 2. The second-order valence-electron chi connectivity index (χ2n) is 9.05. The van der Waals surface area contributed by atoms with E-state index in [1.54, 1.807) is 35.2 Å². The van der Waals surface area contributed by atoms with Crippen molar-refractivity contribution in [1.82, 2.24) is 20.0 Å². The molecule has 204 valence electrons. The van der Waals surface area contributed by atoms with Gasteiger partial charge >= 0.3 is 0 Å². The molecule has 1 fully saturated rings. The van der Waals surface area contributed by atoms with Crippen LogP contribution >= 0.6 is 12.4 Å². The number of fused-ring (bicyclic) bond motifs is 1. The number of halogens is 4. The Labute approximate surface area is 224 Å². The van der Waals surface area contributed by atoms with E-state index in [9.17, 15) is 18.0 Å². The number of nitrogens with zero attached hydrogens (tertiary/aromatic N) is 3. The number of anilines is 1. The summed E-state index contributed by atoms with van der Waals surface area (Å²) in [6, 6.07) is 9.56. The van der Waals surface area contributed by atoms with Crippen molar-refractivity contribution in [1.29, 1.82) is 0 Å². The van der Waals surface area contributed by atoms with E-state index < -0.39 is 24.3 Å². The van der Waals surface area contributed by atoms with Crippen molar-refractivity contribution in [3.8, 4) is 22.8 Å². The molecule has 2 aliphatic rings. The molecule has 1 amide bonds. The molecule has 2 aromatic carbocycles. The summed E-state index contributed by atoms with van der Waals surface area (Å²) < 4.78 is 55.1. The summed E-state index contributed by atoms with van der Waals surface area (Å²) in [6.45, 7) is 2.34. The lowest BCUT2D eigenvalue weighted by Crippen LogP contribution is -2.46. The van der Waals surface area contributed by atoms with Crippen molar-refractivity contribution < 1.29 is 27.4 Å². The van der Waals surface area contributed by atoms with Crippen LogP contribution in [-0.4, -0.2) is 67.4 Å². The van der Waals surface area contributed by atoms with Crippen molar-refractivity contribution in [3.63, 3.8) is 0 Å². The van der Waals surface area contributed by atoms with Crippen LogP contribution in [0.2, 0.25) is 0 Å². The van der Waals surface area contributed by atoms with E-state index in [4.69, 9.17) is 9.47 Å². The number of alkyl halides is 2. The first kappa shape index (κ1) is 27.6. The smallest absolute Gasteiger partial charge is 0.260 e. The fraction of sp³-hybridized carbons (Fsp3) is 0.385. The topological polar surface area (TPSA) is 80.7 Å². The van der Waals surface area contributed by atoms with Crippen LogP contribution in [0.15, 0.2) is 42.5 Å². The molecule has 3 aromatic rings. The molecular formula is C26H29ClF3N5O3.